The minimum absolute atomic E-state index is 0.00795. The molecule has 0 atom stereocenters. The lowest BCUT2D eigenvalue weighted by atomic mass is 10.1. The lowest BCUT2D eigenvalue weighted by molar-refractivity contribution is 0.311. The fraction of sp³-hybridized carbons (Fsp3) is 0.400. The summed E-state index contributed by atoms with van der Waals surface area (Å²) in [5, 5.41) is 18.1. The lowest BCUT2D eigenvalue weighted by Gasteiger charge is -2.10. The van der Waals surface area contributed by atoms with Gasteiger partial charge in [0.15, 0.2) is 0 Å². The molecule has 0 aliphatic rings. The van der Waals surface area contributed by atoms with Crippen LogP contribution in [0.5, 0.6) is 0 Å². The van der Waals surface area contributed by atoms with Crippen molar-refractivity contribution in [2.75, 3.05) is 48.7 Å². The fourth-order valence-electron chi connectivity index (χ4n) is 1.93. The zero-order valence-electron chi connectivity index (χ0n) is 13.0. The highest BCUT2D eigenvalue weighted by Crippen LogP contribution is 2.09. The van der Waals surface area contributed by atoms with Crippen LogP contribution in [0, 0.1) is 0 Å². The van der Waals surface area contributed by atoms with E-state index in [-0.39, 0.29) is 6.61 Å². The molecule has 0 aliphatic carbocycles. The van der Waals surface area contributed by atoms with E-state index >= 15 is 0 Å². The molecule has 0 bridgehead atoms. The number of benzene rings is 1. The van der Waals surface area contributed by atoms with E-state index < -0.39 is 0 Å². The summed E-state index contributed by atoms with van der Waals surface area (Å²) in [5.41, 5.74) is 6.72. The van der Waals surface area contributed by atoms with Gasteiger partial charge in [-0.2, -0.15) is 15.0 Å². The van der Waals surface area contributed by atoms with Crippen molar-refractivity contribution in [3.05, 3.63) is 35.9 Å². The number of nitrogens with zero attached hydrogens (tertiary/aromatic N) is 3. The maximum atomic E-state index is 8.89. The number of anilines is 3. The molecule has 0 saturated heterocycles. The Morgan fingerprint density at radius 1 is 0.826 bits per heavy atom. The summed E-state index contributed by atoms with van der Waals surface area (Å²) in [4.78, 5) is 12.8. The van der Waals surface area contributed by atoms with Crippen molar-refractivity contribution in [3.8, 4) is 0 Å². The number of hydrogen-bond acceptors (Lipinski definition) is 8. The number of aromatic nitrogens is 3. The molecular weight excluding hydrogens is 294 g/mol. The molecule has 0 fully saturated rings. The third kappa shape index (κ3) is 6.05. The predicted octanol–water partition coefficient (Wildman–Crippen LogP) is 0.301. The SMILES string of the molecule is NCCNc1nc(NCCO)nc(NCCc2ccccc2)n1. The molecule has 0 unspecified atom stereocenters. The van der Waals surface area contributed by atoms with Crippen molar-refractivity contribution >= 4 is 17.8 Å². The summed E-state index contributed by atoms with van der Waals surface area (Å²) in [6.45, 7) is 2.16. The number of nitrogens with one attached hydrogen (secondary N) is 3. The zero-order valence-corrected chi connectivity index (χ0v) is 13.0. The summed E-state index contributed by atoms with van der Waals surface area (Å²) in [6, 6.07) is 10.2. The van der Waals surface area contributed by atoms with Crippen LogP contribution in [-0.2, 0) is 6.42 Å². The third-order valence-corrected chi connectivity index (χ3v) is 3.00. The van der Waals surface area contributed by atoms with Crippen LogP contribution < -0.4 is 21.7 Å². The quantitative estimate of drug-likeness (QED) is 0.424. The monoisotopic (exact) mass is 317 g/mol. The zero-order chi connectivity index (χ0) is 16.3. The molecule has 2 rings (SSSR count). The third-order valence-electron chi connectivity index (χ3n) is 3.00. The average molecular weight is 317 g/mol. The first-order valence-electron chi connectivity index (χ1n) is 7.64. The number of nitrogens with two attached hydrogens (primary N) is 1. The Morgan fingerprint density at radius 3 is 1.96 bits per heavy atom. The summed E-state index contributed by atoms with van der Waals surface area (Å²) >= 11 is 0. The van der Waals surface area contributed by atoms with E-state index in [1.807, 2.05) is 18.2 Å². The fourth-order valence-corrected chi connectivity index (χ4v) is 1.93. The van der Waals surface area contributed by atoms with Crippen LogP contribution in [-0.4, -0.2) is 52.8 Å². The second kappa shape index (κ2) is 9.54. The van der Waals surface area contributed by atoms with Crippen LogP contribution in [0.1, 0.15) is 5.56 Å². The van der Waals surface area contributed by atoms with Crippen molar-refractivity contribution in [1.29, 1.82) is 0 Å². The van der Waals surface area contributed by atoms with Gasteiger partial charge >= 0.3 is 0 Å². The molecule has 23 heavy (non-hydrogen) atoms. The predicted molar refractivity (Wildman–Crippen MR) is 91.6 cm³/mol. The van der Waals surface area contributed by atoms with E-state index in [2.05, 4.69) is 43.0 Å². The molecule has 0 radical (unpaired) electrons. The normalized spacial score (nSPS) is 10.3. The minimum Gasteiger partial charge on any atom is -0.395 e. The Bertz CT molecular complexity index is 553. The summed E-state index contributed by atoms with van der Waals surface area (Å²) in [7, 11) is 0. The smallest absolute Gasteiger partial charge is 0.229 e. The van der Waals surface area contributed by atoms with Gasteiger partial charge in [-0.25, -0.2) is 0 Å². The number of aliphatic hydroxyl groups is 1. The van der Waals surface area contributed by atoms with E-state index in [9.17, 15) is 0 Å². The molecule has 6 N–H and O–H groups in total. The Kier molecular flexibility index (Phi) is 7.02. The van der Waals surface area contributed by atoms with E-state index in [1.54, 1.807) is 0 Å². The van der Waals surface area contributed by atoms with Gasteiger partial charge in [-0.1, -0.05) is 30.3 Å². The van der Waals surface area contributed by atoms with Gasteiger partial charge < -0.3 is 26.8 Å². The van der Waals surface area contributed by atoms with Gasteiger partial charge in [-0.3, -0.25) is 0 Å². The second-order valence-corrected chi connectivity index (χ2v) is 4.83. The van der Waals surface area contributed by atoms with Crippen LogP contribution in [0.4, 0.5) is 17.8 Å². The van der Waals surface area contributed by atoms with E-state index in [4.69, 9.17) is 10.8 Å². The van der Waals surface area contributed by atoms with Crippen LogP contribution in [0.25, 0.3) is 0 Å². The topological polar surface area (TPSA) is 121 Å². The lowest BCUT2D eigenvalue weighted by Crippen LogP contribution is -2.18. The highest BCUT2D eigenvalue weighted by Gasteiger charge is 2.05. The van der Waals surface area contributed by atoms with Crippen molar-refractivity contribution < 1.29 is 5.11 Å². The Hall–Kier alpha value is -2.45. The molecule has 1 aromatic carbocycles. The molecule has 0 aliphatic heterocycles. The van der Waals surface area contributed by atoms with Gasteiger partial charge in [0.25, 0.3) is 0 Å². The largest absolute Gasteiger partial charge is 0.395 e. The Balaban J connectivity index is 1.97. The first-order valence-corrected chi connectivity index (χ1v) is 7.64. The molecule has 2 aromatic rings. The molecular formula is C15H23N7O. The Labute approximate surface area is 135 Å². The van der Waals surface area contributed by atoms with Gasteiger partial charge in [0.05, 0.1) is 6.61 Å². The molecule has 0 spiro atoms. The molecule has 8 nitrogen and oxygen atoms in total. The first kappa shape index (κ1) is 16.9. The van der Waals surface area contributed by atoms with Crippen molar-refractivity contribution in [2.24, 2.45) is 5.73 Å². The highest BCUT2D eigenvalue weighted by atomic mass is 16.3. The molecule has 8 heteroatoms. The van der Waals surface area contributed by atoms with E-state index in [0.29, 0.717) is 44.0 Å². The van der Waals surface area contributed by atoms with Crippen molar-refractivity contribution in [3.63, 3.8) is 0 Å². The first-order chi connectivity index (χ1) is 11.3. The Morgan fingerprint density at radius 2 is 1.39 bits per heavy atom. The molecule has 124 valence electrons. The second-order valence-electron chi connectivity index (χ2n) is 4.83. The van der Waals surface area contributed by atoms with Gasteiger partial charge in [0.2, 0.25) is 17.8 Å². The highest BCUT2D eigenvalue weighted by molar-refractivity contribution is 5.42. The van der Waals surface area contributed by atoms with Crippen molar-refractivity contribution in [2.45, 2.75) is 6.42 Å². The van der Waals surface area contributed by atoms with Gasteiger partial charge in [0, 0.05) is 26.2 Å². The molecule has 0 amide bonds. The molecule has 1 heterocycles. The number of rotatable bonds is 10. The van der Waals surface area contributed by atoms with Crippen LogP contribution in [0.2, 0.25) is 0 Å². The average Bonchev–Trinajstić information content (AvgIpc) is 2.59. The van der Waals surface area contributed by atoms with Crippen LogP contribution in [0.15, 0.2) is 30.3 Å². The molecule has 0 saturated carbocycles. The number of aliphatic hydroxyl groups excluding tert-OH is 1. The summed E-state index contributed by atoms with van der Waals surface area (Å²) in [6.07, 6.45) is 0.873. The van der Waals surface area contributed by atoms with Gasteiger partial charge in [-0.05, 0) is 12.0 Å². The maximum Gasteiger partial charge on any atom is 0.229 e. The standard InChI is InChI=1S/C15H23N7O/c16-7-9-18-14-20-13(21-15(22-14)19-10-11-23)17-8-6-12-4-2-1-3-5-12/h1-5,23H,6-11,16H2,(H3,17,18,19,20,21,22). The van der Waals surface area contributed by atoms with Crippen LogP contribution in [0.3, 0.4) is 0 Å². The molecule has 1 aromatic heterocycles. The minimum atomic E-state index is 0.00795. The number of hydrogen-bond donors (Lipinski definition) is 5. The van der Waals surface area contributed by atoms with Gasteiger partial charge in [-0.15, -0.1) is 0 Å². The van der Waals surface area contributed by atoms with Crippen molar-refractivity contribution in [1.82, 2.24) is 15.0 Å². The summed E-state index contributed by atoms with van der Waals surface area (Å²) < 4.78 is 0. The van der Waals surface area contributed by atoms with Gasteiger partial charge in [0.1, 0.15) is 0 Å². The van der Waals surface area contributed by atoms with E-state index in [0.717, 1.165) is 6.42 Å². The van der Waals surface area contributed by atoms with E-state index in [1.165, 1.54) is 5.56 Å². The van der Waals surface area contributed by atoms with Crippen LogP contribution >= 0.6 is 0 Å². The summed E-state index contributed by atoms with van der Waals surface area (Å²) in [5.74, 6) is 1.35. The maximum absolute atomic E-state index is 8.89.